The summed E-state index contributed by atoms with van der Waals surface area (Å²) in [6, 6.07) is 14.1. The van der Waals surface area contributed by atoms with Crippen molar-refractivity contribution in [3.05, 3.63) is 81.5 Å². The van der Waals surface area contributed by atoms with Gasteiger partial charge in [-0.15, -0.1) is 0 Å². The Bertz CT molecular complexity index is 1220. The van der Waals surface area contributed by atoms with Crippen LogP contribution < -0.4 is 10.1 Å². The molecule has 1 unspecified atom stereocenters. The van der Waals surface area contributed by atoms with Crippen LogP contribution in [0.15, 0.2) is 70.1 Å². The maximum Gasteiger partial charge on any atom is 0.207 e. The van der Waals surface area contributed by atoms with Crippen molar-refractivity contribution in [1.82, 2.24) is 9.78 Å². The SMILES string of the molecule is COc1ccc(S(=O)(=O)C2=C(CO)Nc3cc(C)nn3C2c2ccc(Cl)cc2)cc1. The highest BCUT2D eigenvalue weighted by atomic mass is 35.5. The number of hydrogen-bond acceptors (Lipinski definition) is 6. The minimum atomic E-state index is -3.98. The van der Waals surface area contributed by atoms with E-state index in [2.05, 4.69) is 10.4 Å². The lowest BCUT2D eigenvalue weighted by molar-refractivity contribution is 0.328. The molecule has 156 valence electrons. The van der Waals surface area contributed by atoms with E-state index in [9.17, 15) is 13.5 Å². The Morgan fingerprint density at radius 2 is 1.83 bits per heavy atom. The zero-order valence-electron chi connectivity index (χ0n) is 16.3. The average molecular weight is 446 g/mol. The minimum absolute atomic E-state index is 0.0353. The second kappa shape index (κ2) is 7.79. The van der Waals surface area contributed by atoms with Crippen LogP contribution in [0.2, 0.25) is 5.02 Å². The van der Waals surface area contributed by atoms with Crippen LogP contribution in [0.5, 0.6) is 5.75 Å². The predicted molar refractivity (Wildman–Crippen MR) is 114 cm³/mol. The largest absolute Gasteiger partial charge is 0.497 e. The van der Waals surface area contributed by atoms with E-state index < -0.39 is 22.5 Å². The summed E-state index contributed by atoms with van der Waals surface area (Å²) in [5.41, 5.74) is 1.61. The lowest BCUT2D eigenvalue weighted by Crippen LogP contribution is -2.30. The molecule has 3 aromatic rings. The number of ether oxygens (including phenoxy) is 1. The number of aliphatic hydroxyl groups is 1. The molecule has 1 aliphatic rings. The Morgan fingerprint density at radius 3 is 2.43 bits per heavy atom. The van der Waals surface area contributed by atoms with E-state index in [0.29, 0.717) is 22.2 Å². The fraction of sp³-hybridized carbons (Fsp3) is 0.190. The van der Waals surface area contributed by atoms with Crippen molar-refractivity contribution in [2.75, 3.05) is 19.0 Å². The number of aromatic nitrogens is 2. The lowest BCUT2D eigenvalue weighted by atomic mass is 10.0. The van der Waals surface area contributed by atoms with Crippen molar-refractivity contribution in [3.63, 3.8) is 0 Å². The molecule has 2 N–H and O–H groups in total. The molecular weight excluding hydrogens is 426 g/mol. The van der Waals surface area contributed by atoms with E-state index in [1.807, 2.05) is 6.92 Å². The Balaban J connectivity index is 1.95. The number of nitrogens with one attached hydrogen (secondary N) is 1. The smallest absolute Gasteiger partial charge is 0.207 e. The van der Waals surface area contributed by atoms with Crippen molar-refractivity contribution in [2.24, 2.45) is 0 Å². The second-order valence-electron chi connectivity index (χ2n) is 6.87. The van der Waals surface area contributed by atoms with Gasteiger partial charge in [-0.1, -0.05) is 23.7 Å². The molecule has 2 aromatic carbocycles. The molecule has 30 heavy (non-hydrogen) atoms. The summed E-state index contributed by atoms with van der Waals surface area (Å²) in [7, 11) is -2.47. The lowest BCUT2D eigenvalue weighted by Gasteiger charge is -2.30. The fourth-order valence-corrected chi connectivity index (χ4v) is 5.39. The van der Waals surface area contributed by atoms with Crippen molar-refractivity contribution >= 4 is 27.3 Å². The van der Waals surface area contributed by atoms with Crippen LogP contribution in [-0.2, 0) is 9.84 Å². The molecule has 0 amide bonds. The molecule has 0 saturated heterocycles. The highest BCUT2D eigenvalue weighted by Crippen LogP contribution is 2.41. The van der Waals surface area contributed by atoms with E-state index in [1.165, 1.54) is 19.2 Å². The number of anilines is 1. The summed E-state index contributed by atoms with van der Waals surface area (Å²) >= 11 is 6.04. The fourth-order valence-electron chi connectivity index (χ4n) is 3.55. The van der Waals surface area contributed by atoms with Crippen molar-refractivity contribution in [1.29, 1.82) is 0 Å². The predicted octanol–water partition coefficient (Wildman–Crippen LogP) is 3.55. The molecule has 1 atom stereocenters. The van der Waals surface area contributed by atoms with Gasteiger partial charge in [-0.25, -0.2) is 13.1 Å². The van der Waals surface area contributed by atoms with Crippen LogP contribution in [0, 0.1) is 6.92 Å². The third kappa shape index (κ3) is 3.47. The standard InChI is InChI=1S/C21H20ClN3O4S/c1-13-11-19-23-18(12-26)21(30(27,28)17-9-7-16(29-2)8-10-17)20(25(19)24-13)14-3-5-15(22)6-4-14/h3-11,20,23,26H,12H2,1-2H3. The van der Waals surface area contributed by atoms with Gasteiger partial charge in [-0.2, -0.15) is 5.10 Å². The monoisotopic (exact) mass is 445 g/mol. The van der Waals surface area contributed by atoms with Gasteiger partial charge >= 0.3 is 0 Å². The third-order valence-corrected chi connectivity index (χ3v) is 7.12. The van der Waals surface area contributed by atoms with Crippen LogP contribution >= 0.6 is 11.6 Å². The zero-order valence-corrected chi connectivity index (χ0v) is 17.9. The number of rotatable bonds is 5. The number of aliphatic hydroxyl groups excluding tert-OH is 1. The first kappa shape index (κ1) is 20.5. The molecule has 0 spiro atoms. The van der Waals surface area contributed by atoms with Crippen LogP contribution in [0.3, 0.4) is 0 Å². The number of hydrogen-bond donors (Lipinski definition) is 2. The molecule has 0 radical (unpaired) electrons. The van der Waals surface area contributed by atoms with Gasteiger partial charge in [0.1, 0.15) is 17.6 Å². The first-order chi connectivity index (χ1) is 14.3. The minimum Gasteiger partial charge on any atom is -0.497 e. The normalized spacial score (nSPS) is 16.2. The highest BCUT2D eigenvalue weighted by Gasteiger charge is 2.38. The van der Waals surface area contributed by atoms with Gasteiger partial charge < -0.3 is 15.2 Å². The maximum atomic E-state index is 13.7. The Morgan fingerprint density at radius 1 is 1.17 bits per heavy atom. The number of halogens is 1. The molecule has 0 aliphatic carbocycles. The van der Waals surface area contributed by atoms with Crippen LogP contribution in [0.4, 0.5) is 5.82 Å². The van der Waals surface area contributed by atoms with Crippen molar-refractivity contribution in [2.45, 2.75) is 17.9 Å². The van der Waals surface area contributed by atoms with E-state index in [0.717, 1.165) is 5.69 Å². The summed E-state index contributed by atoms with van der Waals surface area (Å²) in [5.74, 6) is 1.15. The second-order valence-corrected chi connectivity index (χ2v) is 9.23. The van der Waals surface area contributed by atoms with Gasteiger partial charge in [-0.3, -0.25) is 0 Å². The topological polar surface area (TPSA) is 93.5 Å². The highest BCUT2D eigenvalue weighted by molar-refractivity contribution is 7.95. The molecular formula is C21H20ClN3O4S. The number of sulfone groups is 1. The van der Waals surface area contributed by atoms with Gasteiger partial charge in [0.15, 0.2) is 0 Å². The number of methoxy groups -OCH3 is 1. The molecule has 4 rings (SSSR count). The van der Waals surface area contributed by atoms with E-state index in [-0.39, 0.29) is 15.5 Å². The van der Waals surface area contributed by atoms with Crippen molar-refractivity contribution < 1.29 is 18.3 Å². The van der Waals surface area contributed by atoms with Gasteiger partial charge in [0.05, 0.1) is 34.9 Å². The molecule has 0 fully saturated rings. The summed E-state index contributed by atoms with van der Waals surface area (Å²) in [6.07, 6.45) is 0. The Hall–Kier alpha value is -2.81. The third-order valence-electron chi connectivity index (χ3n) is 4.93. The van der Waals surface area contributed by atoms with Gasteiger partial charge in [0.25, 0.3) is 0 Å². The number of fused-ring (bicyclic) bond motifs is 1. The number of allylic oxidation sites excluding steroid dienone is 1. The quantitative estimate of drug-likeness (QED) is 0.623. The first-order valence-corrected chi connectivity index (χ1v) is 11.0. The summed E-state index contributed by atoms with van der Waals surface area (Å²) in [5, 5.41) is 18.1. The van der Waals surface area contributed by atoms with Gasteiger partial charge in [0.2, 0.25) is 9.84 Å². The zero-order chi connectivity index (χ0) is 21.5. The van der Waals surface area contributed by atoms with Crippen molar-refractivity contribution in [3.8, 4) is 5.75 Å². The Labute approximate surface area is 179 Å². The van der Waals surface area contributed by atoms with E-state index in [1.54, 1.807) is 47.1 Å². The van der Waals surface area contributed by atoms with Crippen LogP contribution in [0.25, 0.3) is 0 Å². The number of aryl methyl sites for hydroxylation is 1. The molecule has 0 saturated carbocycles. The molecule has 0 bridgehead atoms. The molecule has 2 heterocycles. The summed E-state index contributed by atoms with van der Waals surface area (Å²) < 4.78 is 34.2. The number of benzene rings is 2. The Kier molecular flexibility index (Phi) is 5.31. The van der Waals surface area contributed by atoms with Crippen LogP contribution in [0.1, 0.15) is 17.3 Å². The molecule has 1 aliphatic heterocycles. The molecule has 9 heteroatoms. The maximum absolute atomic E-state index is 13.7. The van der Waals surface area contributed by atoms with Gasteiger partial charge in [-0.05, 0) is 48.9 Å². The van der Waals surface area contributed by atoms with Gasteiger partial charge in [0, 0.05) is 11.1 Å². The first-order valence-electron chi connectivity index (χ1n) is 9.17. The molecule has 7 nitrogen and oxygen atoms in total. The van der Waals surface area contributed by atoms with Crippen LogP contribution in [-0.4, -0.2) is 37.0 Å². The molecule has 1 aromatic heterocycles. The number of nitrogens with zero attached hydrogens (tertiary/aromatic N) is 2. The van der Waals surface area contributed by atoms with E-state index in [4.69, 9.17) is 16.3 Å². The van der Waals surface area contributed by atoms with E-state index >= 15 is 0 Å². The average Bonchev–Trinajstić information content (AvgIpc) is 3.12. The summed E-state index contributed by atoms with van der Waals surface area (Å²) in [6.45, 7) is 1.35. The summed E-state index contributed by atoms with van der Waals surface area (Å²) in [4.78, 5) is 0.130.